The van der Waals surface area contributed by atoms with E-state index in [2.05, 4.69) is 21.2 Å². The lowest BCUT2D eigenvalue weighted by molar-refractivity contribution is -0.121. The molecule has 0 aliphatic carbocycles. The van der Waals surface area contributed by atoms with E-state index in [1.54, 1.807) is 0 Å². The minimum absolute atomic E-state index is 0.0870. The zero-order valence-electron chi connectivity index (χ0n) is 11.2. The molecule has 0 aliphatic rings. The van der Waals surface area contributed by atoms with E-state index in [1.165, 1.54) is 0 Å². The number of hydrogen-bond donors (Lipinski definition) is 1. The highest BCUT2D eigenvalue weighted by atomic mass is 79.9. The number of hydrogen-bond acceptors (Lipinski definition) is 2. The number of allylic oxidation sites excluding steroid dienone is 1. The third-order valence-electron chi connectivity index (χ3n) is 2.50. The lowest BCUT2D eigenvalue weighted by atomic mass is 10.3. The summed E-state index contributed by atoms with van der Waals surface area (Å²) >= 11 is 3.37. The van der Waals surface area contributed by atoms with E-state index in [1.807, 2.05) is 43.3 Å². The van der Waals surface area contributed by atoms with E-state index >= 15 is 0 Å². The average molecular weight is 326 g/mol. The first-order valence-electron chi connectivity index (χ1n) is 6.48. The van der Waals surface area contributed by atoms with Crippen molar-refractivity contribution in [3.63, 3.8) is 0 Å². The summed E-state index contributed by atoms with van der Waals surface area (Å²) in [6.45, 7) is 3.24. The van der Waals surface area contributed by atoms with Gasteiger partial charge in [-0.2, -0.15) is 0 Å². The molecule has 0 saturated carbocycles. The molecule has 0 saturated heterocycles. The van der Waals surface area contributed by atoms with Crippen molar-refractivity contribution in [2.24, 2.45) is 0 Å². The minimum Gasteiger partial charge on any atom is -0.494 e. The van der Waals surface area contributed by atoms with Gasteiger partial charge in [0, 0.05) is 17.4 Å². The number of nitrogens with one attached hydrogen (secondary N) is 1. The van der Waals surface area contributed by atoms with Crippen LogP contribution in [0.1, 0.15) is 26.2 Å². The molecule has 0 aliphatic heterocycles. The highest BCUT2D eigenvalue weighted by Crippen LogP contribution is 2.16. The highest BCUT2D eigenvalue weighted by molar-refractivity contribution is 9.10. The van der Waals surface area contributed by atoms with Crippen molar-refractivity contribution in [1.82, 2.24) is 5.32 Å². The van der Waals surface area contributed by atoms with E-state index in [-0.39, 0.29) is 5.91 Å². The van der Waals surface area contributed by atoms with Crippen molar-refractivity contribution in [2.75, 3.05) is 13.2 Å². The fourth-order valence-corrected chi connectivity index (χ4v) is 1.77. The van der Waals surface area contributed by atoms with Gasteiger partial charge in [0.05, 0.1) is 6.61 Å². The quantitative estimate of drug-likeness (QED) is 0.584. The topological polar surface area (TPSA) is 38.3 Å². The monoisotopic (exact) mass is 325 g/mol. The molecular formula is C15H20BrNO2. The smallest absolute Gasteiger partial charge is 0.220 e. The van der Waals surface area contributed by atoms with Crippen molar-refractivity contribution in [3.8, 4) is 5.75 Å². The second kappa shape index (κ2) is 9.62. The zero-order valence-corrected chi connectivity index (χ0v) is 12.8. The molecule has 0 radical (unpaired) electrons. The first-order valence-corrected chi connectivity index (χ1v) is 7.28. The lowest BCUT2D eigenvalue weighted by Crippen LogP contribution is -2.24. The molecule has 19 heavy (non-hydrogen) atoms. The Morgan fingerprint density at radius 3 is 2.79 bits per heavy atom. The summed E-state index contributed by atoms with van der Waals surface area (Å²) in [6.07, 6.45) is 6.14. The van der Waals surface area contributed by atoms with Gasteiger partial charge in [-0.25, -0.2) is 0 Å². The Bertz CT molecular complexity index is 401. The SMILES string of the molecule is C/C=C/CCNC(=O)CCCOc1ccc(Br)cc1. The number of carbonyl (C=O) groups excluding carboxylic acids is 1. The predicted molar refractivity (Wildman–Crippen MR) is 81.3 cm³/mol. The fourth-order valence-electron chi connectivity index (χ4n) is 1.50. The molecule has 0 spiro atoms. The molecule has 3 nitrogen and oxygen atoms in total. The molecule has 1 amide bonds. The Hall–Kier alpha value is -1.29. The van der Waals surface area contributed by atoms with Crippen molar-refractivity contribution >= 4 is 21.8 Å². The van der Waals surface area contributed by atoms with E-state index in [4.69, 9.17) is 4.74 Å². The number of carbonyl (C=O) groups is 1. The Morgan fingerprint density at radius 2 is 2.11 bits per heavy atom. The summed E-state index contributed by atoms with van der Waals surface area (Å²) in [5.41, 5.74) is 0. The van der Waals surface area contributed by atoms with Gasteiger partial charge in [0.1, 0.15) is 5.75 Å². The molecule has 1 aromatic carbocycles. The second-order valence-corrected chi connectivity index (χ2v) is 5.03. The summed E-state index contributed by atoms with van der Waals surface area (Å²) in [5, 5.41) is 2.87. The van der Waals surface area contributed by atoms with Gasteiger partial charge in [-0.05, 0) is 44.0 Å². The van der Waals surface area contributed by atoms with E-state index < -0.39 is 0 Å². The summed E-state index contributed by atoms with van der Waals surface area (Å²) in [4.78, 5) is 11.5. The molecule has 4 heteroatoms. The van der Waals surface area contributed by atoms with Crippen LogP contribution in [0.2, 0.25) is 0 Å². The maximum atomic E-state index is 11.5. The van der Waals surface area contributed by atoms with Gasteiger partial charge in [0.15, 0.2) is 0 Å². The molecule has 0 atom stereocenters. The van der Waals surface area contributed by atoms with Gasteiger partial charge in [-0.3, -0.25) is 4.79 Å². The number of ether oxygens (including phenoxy) is 1. The Balaban J connectivity index is 2.07. The van der Waals surface area contributed by atoms with Gasteiger partial charge in [-0.1, -0.05) is 28.1 Å². The molecule has 104 valence electrons. The third-order valence-corrected chi connectivity index (χ3v) is 3.03. The molecule has 0 heterocycles. The van der Waals surface area contributed by atoms with Crippen LogP contribution in [0.4, 0.5) is 0 Å². The van der Waals surface area contributed by atoms with Crippen LogP contribution >= 0.6 is 15.9 Å². The van der Waals surface area contributed by atoms with Crippen LogP contribution in [-0.2, 0) is 4.79 Å². The molecule has 1 N–H and O–H groups in total. The maximum absolute atomic E-state index is 11.5. The minimum atomic E-state index is 0.0870. The molecule has 0 bridgehead atoms. The maximum Gasteiger partial charge on any atom is 0.220 e. The van der Waals surface area contributed by atoms with Crippen LogP contribution in [0, 0.1) is 0 Å². The van der Waals surface area contributed by atoms with Crippen molar-refractivity contribution in [1.29, 1.82) is 0 Å². The third kappa shape index (κ3) is 7.67. The van der Waals surface area contributed by atoms with Crippen LogP contribution < -0.4 is 10.1 Å². The number of benzene rings is 1. The van der Waals surface area contributed by atoms with E-state index in [9.17, 15) is 4.79 Å². The van der Waals surface area contributed by atoms with Gasteiger partial charge < -0.3 is 10.1 Å². The largest absolute Gasteiger partial charge is 0.494 e. The summed E-state index contributed by atoms with van der Waals surface area (Å²) < 4.78 is 6.57. The standard InChI is InChI=1S/C15H20BrNO2/c1-2-3-4-11-17-15(18)6-5-12-19-14-9-7-13(16)8-10-14/h2-3,7-10H,4-6,11-12H2,1H3,(H,17,18)/b3-2+. The fraction of sp³-hybridized carbons (Fsp3) is 0.400. The Labute approximate surface area is 123 Å². The van der Waals surface area contributed by atoms with Gasteiger partial charge in [0.25, 0.3) is 0 Å². The number of rotatable bonds is 8. The van der Waals surface area contributed by atoms with Crippen molar-refractivity contribution in [2.45, 2.75) is 26.2 Å². The van der Waals surface area contributed by atoms with Crippen LogP contribution in [0.25, 0.3) is 0 Å². The first-order chi connectivity index (χ1) is 9.22. The Kier molecular flexibility index (Phi) is 7.98. The Morgan fingerprint density at radius 1 is 1.37 bits per heavy atom. The van der Waals surface area contributed by atoms with Gasteiger partial charge in [-0.15, -0.1) is 0 Å². The zero-order chi connectivity index (χ0) is 13.9. The molecule has 0 fully saturated rings. The molecular weight excluding hydrogens is 306 g/mol. The summed E-state index contributed by atoms with van der Waals surface area (Å²) in [6, 6.07) is 7.68. The van der Waals surface area contributed by atoms with Crippen molar-refractivity contribution < 1.29 is 9.53 Å². The molecule has 1 aromatic rings. The number of halogens is 1. The van der Waals surface area contributed by atoms with Crippen molar-refractivity contribution in [3.05, 3.63) is 40.9 Å². The summed E-state index contributed by atoms with van der Waals surface area (Å²) in [7, 11) is 0. The first kappa shape index (κ1) is 15.8. The predicted octanol–water partition coefficient (Wildman–Crippen LogP) is 3.69. The number of amides is 1. The van der Waals surface area contributed by atoms with Crippen LogP contribution in [0.15, 0.2) is 40.9 Å². The van der Waals surface area contributed by atoms with Crippen LogP contribution in [-0.4, -0.2) is 19.1 Å². The van der Waals surface area contributed by atoms with Gasteiger partial charge >= 0.3 is 0 Å². The molecule has 1 rings (SSSR count). The van der Waals surface area contributed by atoms with Crippen LogP contribution in [0.3, 0.4) is 0 Å². The van der Waals surface area contributed by atoms with E-state index in [0.29, 0.717) is 19.6 Å². The lowest BCUT2D eigenvalue weighted by Gasteiger charge is -2.06. The van der Waals surface area contributed by atoms with Crippen LogP contribution in [0.5, 0.6) is 5.75 Å². The normalized spacial score (nSPS) is 10.6. The van der Waals surface area contributed by atoms with Gasteiger partial charge in [0.2, 0.25) is 5.91 Å². The highest BCUT2D eigenvalue weighted by Gasteiger charge is 2.00. The summed E-state index contributed by atoms with van der Waals surface area (Å²) in [5.74, 6) is 0.917. The van der Waals surface area contributed by atoms with E-state index in [0.717, 1.165) is 23.1 Å². The molecule has 0 unspecified atom stereocenters. The molecule has 0 aromatic heterocycles. The average Bonchev–Trinajstić information content (AvgIpc) is 2.42. The second-order valence-electron chi connectivity index (χ2n) is 4.11.